The largest absolute Gasteiger partial charge is 0.469 e. The number of fused-ring (bicyclic) bond motifs is 2. The highest BCUT2D eigenvalue weighted by atomic mass is 19.1. The van der Waals surface area contributed by atoms with Gasteiger partial charge in [0.05, 0.1) is 36.7 Å². The Morgan fingerprint density at radius 1 is 1.08 bits per heavy atom. The zero-order valence-electron chi connectivity index (χ0n) is 20.4. The number of methoxy groups -OCH3 is 1. The number of ether oxygens (including phenoxy) is 2. The number of hydrogen-bond acceptors (Lipinski definition) is 8. The minimum absolute atomic E-state index is 0.0261. The lowest BCUT2D eigenvalue weighted by atomic mass is 10.1. The highest BCUT2D eigenvalue weighted by Gasteiger charge is 2.24. The molecule has 10 nitrogen and oxygen atoms in total. The van der Waals surface area contributed by atoms with Gasteiger partial charge in [-0.05, 0) is 25.1 Å². The third-order valence-corrected chi connectivity index (χ3v) is 6.25. The van der Waals surface area contributed by atoms with Crippen LogP contribution in [0.4, 0.5) is 10.1 Å². The molecule has 0 spiro atoms. The molecular weight excluding hydrogens is 471 g/mol. The summed E-state index contributed by atoms with van der Waals surface area (Å²) >= 11 is 0. The molecule has 1 fully saturated rings. The third-order valence-electron chi connectivity index (χ3n) is 6.25. The average molecular weight is 499 g/mol. The van der Waals surface area contributed by atoms with Crippen molar-refractivity contribution in [1.29, 1.82) is 0 Å². The van der Waals surface area contributed by atoms with E-state index in [0.29, 0.717) is 48.4 Å². The van der Waals surface area contributed by atoms with E-state index in [9.17, 15) is 19.2 Å². The molecule has 0 atom stereocenters. The van der Waals surface area contributed by atoms with Crippen molar-refractivity contribution in [1.82, 2.24) is 14.5 Å². The number of esters is 2. The van der Waals surface area contributed by atoms with Crippen LogP contribution in [0.15, 0.2) is 29.2 Å². The van der Waals surface area contributed by atoms with Crippen molar-refractivity contribution in [3.8, 4) is 0 Å². The van der Waals surface area contributed by atoms with E-state index in [4.69, 9.17) is 4.74 Å². The third kappa shape index (κ3) is 4.86. The first-order chi connectivity index (χ1) is 17.2. The van der Waals surface area contributed by atoms with E-state index in [-0.39, 0.29) is 36.3 Å². The molecule has 190 valence electrons. The van der Waals surface area contributed by atoms with E-state index >= 15 is 4.39 Å². The number of pyridine rings is 2. The molecule has 3 aromatic rings. The summed E-state index contributed by atoms with van der Waals surface area (Å²) in [5.41, 5.74) is 0.579. The van der Waals surface area contributed by atoms with Gasteiger partial charge in [0.15, 0.2) is 0 Å². The molecule has 4 rings (SSSR count). The van der Waals surface area contributed by atoms with Gasteiger partial charge in [-0.3, -0.25) is 14.4 Å². The maximum absolute atomic E-state index is 15.1. The summed E-state index contributed by atoms with van der Waals surface area (Å²) in [5.74, 6) is -1.78. The van der Waals surface area contributed by atoms with Gasteiger partial charge < -0.3 is 23.8 Å². The Kier molecular flexibility index (Phi) is 7.18. The first kappa shape index (κ1) is 25.1. The van der Waals surface area contributed by atoms with Gasteiger partial charge in [0.2, 0.25) is 11.3 Å². The van der Waals surface area contributed by atoms with E-state index in [1.54, 1.807) is 29.5 Å². The zero-order valence-corrected chi connectivity index (χ0v) is 20.4. The first-order valence-corrected chi connectivity index (χ1v) is 11.6. The van der Waals surface area contributed by atoms with Gasteiger partial charge in [0.1, 0.15) is 17.0 Å². The SMILES string of the molecule is CCOC(=O)c1cn(C)c2nc3cc(N4CCN(C(=O)CCC(=O)OC)CC4)c(F)cc3cc2c1=O. The van der Waals surface area contributed by atoms with Crippen LogP contribution in [0.25, 0.3) is 21.9 Å². The number of nitrogens with zero attached hydrogens (tertiary/aromatic N) is 4. The van der Waals surface area contributed by atoms with Crippen molar-refractivity contribution in [2.45, 2.75) is 19.8 Å². The summed E-state index contributed by atoms with van der Waals surface area (Å²) in [5, 5.41) is 0.625. The molecule has 3 heterocycles. The number of carbonyl (C=O) groups excluding carboxylic acids is 3. The molecule has 0 bridgehead atoms. The molecule has 11 heteroatoms. The Morgan fingerprint density at radius 3 is 2.47 bits per heavy atom. The second kappa shape index (κ2) is 10.3. The number of benzene rings is 1. The van der Waals surface area contributed by atoms with Gasteiger partial charge in [0, 0.05) is 51.2 Å². The summed E-state index contributed by atoms with van der Waals surface area (Å²) in [7, 11) is 2.95. The zero-order chi connectivity index (χ0) is 26.0. The molecular formula is C25H27FN4O6. The number of aromatic nitrogens is 2. The first-order valence-electron chi connectivity index (χ1n) is 11.6. The van der Waals surface area contributed by atoms with Crippen LogP contribution in [0, 0.1) is 5.82 Å². The molecule has 1 aliphatic heterocycles. The van der Waals surface area contributed by atoms with E-state index in [1.807, 2.05) is 4.90 Å². The molecule has 2 aromatic heterocycles. The Balaban J connectivity index is 1.60. The van der Waals surface area contributed by atoms with E-state index in [0.717, 1.165) is 0 Å². The summed E-state index contributed by atoms with van der Waals surface area (Å²) in [4.78, 5) is 56.8. The molecule has 0 unspecified atom stereocenters. The maximum atomic E-state index is 15.1. The van der Waals surface area contributed by atoms with E-state index in [1.165, 1.54) is 25.4 Å². The van der Waals surface area contributed by atoms with E-state index < -0.39 is 23.2 Å². The standard InChI is InChI=1S/C25H27FN4O6/c1-4-36-25(34)17-14-28(2)24-16(23(17)33)11-15-12-18(26)20(13-19(15)27-24)29-7-9-30(10-8-29)21(31)5-6-22(32)35-3/h11-14H,4-10H2,1-3H3. The van der Waals surface area contributed by atoms with Gasteiger partial charge in [-0.15, -0.1) is 0 Å². The fourth-order valence-corrected chi connectivity index (χ4v) is 4.33. The monoisotopic (exact) mass is 498 g/mol. The molecule has 0 aliphatic carbocycles. The topological polar surface area (TPSA) is 111 Å². The predicted molar refractivity (Wildman–Crippen MR) is 130 cm³/mol. The number of anilines is 1. The highest BCUT2D eigenvalue weighted by molar-refractivity contribution is 5.97. The van der Waals surface area contributed by atoms with Crippen molar-refractivity contribution in [3.63, 3.8) is 0 Å². The van der Waals surface area contributed by atoms with Crippen molar-refractivity contribution < 1.29 is 28.2 Å². The Hall–Kier alpha value is -4.02. The van der Waals surface area contributed by atoms with Crippen LogP contribution in [-0.2, 0) is 26.1 Å². The van der Waals surface area contributed by atoms with Crippen LogP contribution in [0.5, 0.6) is 0 Å². The van der Waals surface area contributed by atoms with Crippen LogP contribution < -0.4 is 10.3 Å². The van der Waals surface area contributed by atoms with Gasteiger partial charge in [-0.25, -0.2) is 14.2 Å². The van der Waals surface area contributed by atoms with Crippen LogP contribution in [-0.4, -0.2) is 72.2 Å². The highest BCUT2D eigenvalue weighted by Crippen LogP contribution is 2.28. The predicted octanol–water partition coefficient (Wildman–Crippen LogP) is 2.00. The molecule has 1 saturated heterocycles. The second-order valence-electron chi connectivity index (χ2n) is 8.50. The summed E-state index contributed by atoms with van der Waals surface area (Å²) in [6.45, 7) is 3.42. The normalized spacial score (nSPS) is 13.8. The van der Waals surface area contributed by atoms with E-state index in [2.05, 4.69) is 9.72 Å². The van der Waals surface area contributed by atoms with Crippen LogP contribution >= 0.6 is 0 Å². The smallest absolute Gasteiger partial charge is 0.343 e. The number of aryl methyl sites for hydroxylation is 1. The number of halogens is 1. The second-order valence-corrected chi connectivity index (χ2v) is 8.50. The lowest BCUT2D eigenvalue weighted by Crippen LogP contribution is -2.49. The van der Waals surface area contributed by atoms with Crippen LogP contribution in [0.2, 0.25) is 0 Å². The molecule has 1 aromatic carbocycles. The molecule has 1 aliphatic rings. The lowest BCUT2D eigenvalue weighted by molar-refractivity contribution is -0.143. The van der Waals surface area contributed by atoms with Gasteiger partial charge in [-0.2, -0.15) is 0 Å². The fourth-order valence-electron chi connectivity index (χ4n) is 4.33. The quantitative estimate of drug-likeness (QED) is 0.375. The number of piperazine rings is 1. The van der Waals surface area contributed by atoms with Crippen molar-refractivity contribution in [2.75, 3.05) is 44.8 Å². The Bertz CT molecular complexity index is 1410. The summed E-state index contributed by atoms with van der Waals surface area (Å²) in [6.07, 6.45) is 1.49. The van der Waals surface area contributed by atoms with Gasteiger partial charge in [-0.1, -0.05) is 0 Å². The lowest BCUT2D eigenvalue weighted by Gasteiger charge is -2.36. The molecule has 1 amide bonds. The number of carbonyl (C=O) groups is 3. The fraction of sp³-hybridized carbons (Fsp3) is 0.400. The molecule has 0 N–H and O–H groups in total. The van der Waals surface area contributed by atoms with Crippen LogP contribution in [0.3, 0.4) is 0 Å². The number of rotatable bonds is 6. The minimum atomic E-state index is -0.718. The Morgan fingerprint density at radius 2 is 1.81 bits per heavy atom. The average Bonchev–Trinajstić information content (AvgIpc) is 2.88. The molecule has 0 radical (unpaired) electrons. The number of hydrogen-bond donors (Lipinski definition) is 0. The van der Waals surface area contributed by atoms with Crippen molar-refractivity contribution >= 4 is 45.5 Å². The summed E-state index contributed by atoms with van der Waals surface area (Å²) < 4.78 is 26.3. The van der Waals surface area contributed by atoms with Crippen molar-refractivity contribution in [2.24, 2.45) is 7.05 Å². The van der Waals surface area contributed by atoms with Gasteiger partial charge in [0.25, 0.3) is 0 Å². The molecule has 0 saturated carbocycles. The number of amides is 1. The maximum Gasteiger partial charge on any atom is 0.343 e. The van der Waals surface area contributed by atoms with Crippen LogP contribution in [0.1, 0.15) is 30.1 Å². The van der Waals surface area contributed by atoms with Crippen molar-refractivity contribution in [3.05, 3.63) is 46.0 Å². The summed E-state index contributed by atoms with van der Waals surface area (Å²) in [6, 6.07) is 4.48. The molecule has 36 heavy (non-hydrogen) atoms. The minimum Gasteiger partial charge on any atom is -0.469 e. The Labute approximate surface area is 206 Å². The van der Waals surface area contributed by atoms with Gasteiger partial charge >= 0.3 is 11.9 Å².